The first-order valence-corrected chi connectivity index (χ1v) is 7.16. The van der Waals surface area contributed by atoms with Crippen molar-refractivity contribution in [3.05, 3.63) is 34.6 Å². The van der Waals surface area contributed by atoms with Crippen molar-refractivity contribution in [1.29, 1.82) is 0 Å². The number of aromatic nitrogens is 2. The molecule has 0 aliphatic carbocycles. The number of hydrogen-bond donors (Lipinski definition) is 1. The fourth-order valence-corrected chi connectivity index (χ4v) is 2.49. The number of phenolic OH excluding ortho intramolecular Hbond substituents is 1. The molecule has 21 heavy (non-hydrogen) atoms. The van der Waals surface area contributed by atoms with Crippen LogP contribution in [0.3, 0.4) is 0 Å². The summed E-state index contributed by atoms with van der Waals surface area (Å²) in [6.07, 6.45) is 0.723. The van der Waals surface area contributed by atoms with Crippen LogP contribution in [0.5, 0.6) is 11.5 Å². The summed E-state index contributed by atoms with van der Waals surface area (Å²) in [4.78, 5) is 8.89. The Morgan fingerprint density at radius 3 is 3.05 bits per heavy atom. The molecular weight excluding hydrogens is 292 g/mol. The first-order valence-electron chi connectivity index (χ1n) is 6.78. The molecule has 0 bridgehead atoms. The minimum absolute atomic E-state index is 0.0954. The Bertz CT molecular complexity index is 676. The standard InChI is InChI=1S/C15H15ClN2O3/c1-2-21-13-7-9(3-4-12(13)19)15-17-11-5-6-20-8-10(11)14(16)18-15/h3-4,7,19H,2,5-6,8H2,1H3. The molecule has 0 saturated heterocycles. The normalized spacial score (nSPS) is 13.8. The Hall–Kier alpha value is -1.85. The van der Waals surface area contributed by atoms with Gasteiger partial charge in [-0.1, -0.05) is 11.6 Å². The Morgan fingerprint density at radius 1 is 1.38 bits per heavy atom. The average molecular weight is 307 g/mol. The Morgan fingerprint density at radius 2 is 2.24 bits per heavy atom. The maximum absolute atomic E-state index is 9.75. The third-order valence-electron chi connectivity index (χ3n) is 3.29. The largest absolute Gasteiger partial charge is 0.504 e. The average Bonchev–Trinajstić information content (AvgIpc) is 2.50. The number of benzene rings is 1. The number of halogens is 1. The van der Waals surface area contributed by atoms with Gasteiger partial charge in [-0.2, -0.15) is 0 Å². The highest BCUT2D eigenvalue weighted by molar-refractivity contribution is 6.30. The summed E-state index contributed by atoms with van der Waals surface area (Å²) >= 11 is 6.22. The molecule has 2 aromatic rings. The number of rotatable bonds is 3. The SMILES string of the molecule is CCOc1cc(-c2nc(Cl)c3c(n2)CCOC3)ccc1O. The second-order valence-electron chi connectivity index (χ2n) is 4.68. The molecule has 2 heterocycles. The van der Waals surface area contributed by atoms with Crippen molar-refractivity contribution in [3.8, 4) is 22.9 Å². The van der Waals surface area contributed by atoms with Gasteiger partial charge in [0, 0.05) is 17.5 Å². The molecular formula is C15H15ClN2O3. The van der Waals surface area contributed by atoms with Gasteiger partial charge in [0.1, 0.15) is 5.15 Å². The number of fused-ring (bicyclic) bond motifs is 1. The van der Waals surface area contributed by atoms with Crippen molar-refractivity contribution in [2.75, 3.05) is 13.2 Å². The second-order valence-corrected chi connectivity index (χ2v) is 5.04. The number of hydrogen-bond acceptors (Lipinski definition) is 5. The van der Waals surface area contributed by atoms with Gasteiger partial charge in [0.05, 0.1) is 25.5 Å². The summed E-state index contributed by atoms with van der Waals surface area (Å²) < 4.78 is 10.8. The third-order valence-corrected chi connectivity index (χ3v) is 3.60. The van der Waals surface area contributed by atoms with Crippen LogP contribution in [-0.4, -0.2) is 28.3 Å². The van der Waals surface area contributed by atoms with Gasteiger partial charge in [-0.3, -0.25) is 0 Å². The molecule has 1 aromatic heterocycles. The van der Waals surface area contributed by atoms with Crippen molar-refractivity contribution in [1.82, 2.24) is 9.97 Å². The molecule has 1 aliphatic heterocycles. The molecule has 0 spiro atoms. The van der Waals surface area contributed by atoms with Gasteiger partial charge in [0.25, 0.3) is 0 Å². The van der Waals surface area contributed by atoms with Gasteiger partial charge in [0.15, 0.2) is 17.3 Å². The Kier molecular flexibility index (Phi) is 3.94. The quantitative estimate of drug-likeness (QED) is 0.883. The molecule has 0 amide bonds. The van der Waals surface area contributed by atoms with Gasteiger partial charge < -0.3 is 14.6 Å². The van der Waals surface area contributed by atoms with Crippen LogP contribution in [0.25, 0.3) is 11.4 Å². The Balaban J connectivity index is 2.04. The van der Waals surface area contributed by atoms with Crippen LogP contribution in [-0.2, 0) is 17.8 Å². The van der Waals surface area contributed by atoms with E-state index >= 15 is 0 Å². The number of aromatic hydroxyl groups is 1. The molecule has 0 saturated carbocycles. The fraction of sp³-hybridized carbons (Fsp3) is 0.333. The van der Waals surface area contributed by atoms with Crippen molar-refractivity contribution in [3.63, 3.8) is 0 Å². The molecule has 1 N–H and O–H groups in total. The van der Waals surface area contributed by atoms with E-state index in [-0.39, 0.29) is 5.75 Å². The smallest absolute Gasteiger partial charge is 0.161 e. The highest BCUT2D eigenvalue weighted by Gasteiger charge is 2.18. The number of nitrogens with zero attached hydrogens (tertiary/aromatic N) is 2. The Labute approximate surface area is 127 Å². The monoisotopic (exact) mass is 306 g/mol. The zero-order valence-corrected chi connectivity index (χ0v) is 12.4. The predicted octanol–water partition coefficient (Wildman–Crippen LogP) is 2.97. The highest BCUT2D eigenvalue weighted by Crippen LogP contribution is 2.32. The lowest BCUT2D eigenvalue weighted by Gasteiger charge is -2.17. The number of ether oxygens (including phenoxy) is 2. The van der Waals surface area contributed by atoms with E-state index in [1.54, 1.807) is 18.2 Å². The fourth-order valence-electron chi connectivity index (χ4n) is 2.25. The molecule has 0 unspecified atom stereocenters. The summed E-state index contributed by atoms with van der Waals surface area (Å²) in [7, 11) is 0. The lowest BCUT2D eigenvalue weighted by molar-refractivity contribution is 0.109. The summed E-state index contributed by atoms with van der Waals surface area (Å²) in [5.74, 6) is 1.04. The molecule has 1 aromatic carbocycles. The maximum Gasteiger partial charge on any atom is 0.161 e. The van der Waals surface area contributed by atoms with E-state index in [1.165, 1.54) is 0 Å². The summed E-state index contributed by atoms with van der Waals surface area (Å²) in [5.41, 5.74) is 2.53. The second kappa shape index (κ2) is 5.87. The van der Waals surface area contributed by atoms with Crippen molar-refractivity contribution in [2.45, 2.75) is 20.0 Å². The summed E-state index contributed by atoms with van der Waals surface area (Å²) in [5, 5.41) is 10.2. The lowest BCUT2D eigenvalue weighted by atomic mass is 10.1. The van der Waals surface area contributed by atoms with E-state index in [0.29, 0.717) is 36.5 Å². The zero-order chi connectivity index (χ0) is 14.8. The van der Waals surface area contributed by atoms with Crippen LogP contribution >= 0.6 is 11.6 Å². The van der Waals surface area contributed by atoms with Crippen LogP contribution in [0.2, 0.25) is 5.15 Å². The van der Waals surface area contributed by atoms with E-state index in [0.717, 1.165) is 23.2 Å². The molecule has 5 nitrogen and oxygen atoms in total. The van der Waals surface area contributed by atoms with Crippen LogP contribution in [0.15, 0.2) is 18.2 Å². The van der Waals surface area contributed by atoms with Crippen LogP contribution < -0.4 is 4.74 Å². The van der Waals surface area contributed by atoms with E-state index in [1.807, 2.05) is 6.92 Å². The van der Waals surface area contributed by atoms with Crippen molar-refractivity contribution in [2.24, 2.45) is 0 Å². The first kappa shape index (κ1) is 14.1. The molecule has 0 fully saturated rings. The zero-order valence-electron chi connectivity index (χ0n) is 11.6. The van der Waals surface area contributed by atoms with Crippen LogP contribution in [0.4, 0.5) is 0 Å². The predicted molar refractivity (Wildman–Crippen MR) is 78.7 cm³/mol. The van der Waals surface area contributed by atoms with E-state index in [2.05, 4.69) is 9.97 Å². The number of phenols is 1. The maximum atomic E-state index is 9.75. The highest BCUT2D eigenvalue weighted by atomic mass is 35.5. The van der Waals surface area contributed by atoms with E-state index < -0.39 is 0 Å². The minimum Gasteiger partial charge on any atom is -0.504 e. The summed E-state index contributed by atoms with van der Waals surface area (Å²) in [6, 6.07) is 5.03. The molecule has 6 heteroatoms. The van der Waals surface area contributed by atoms with Gasteiger partial charge in [-0.25, -0.2) is 9.97 Å². The van der Waals surface area contributed by atoms with Gasteiger partial charge in [-0.05, 0) is 25.1 Å². The van der Waals surface area contributed by atoms with Crippen LogP contribution in [0.1, 0.15) is 18.2 Å². The van der Waals surface area contributed by atoms with Gasteiger partial charge in [-0.15, -0.1) is 0 Å². The minimum atomic E-state index is 0.0954. The molecule has 3 rings (SSSR count). The first-order chi connectivity index (χ1) is 10.2. The topological polar surface area (TPSA) is 64.5 Å². The molecule has 0 radical (unpaired) electrons. The van der Waals surface area contributed by atoms with E-state index in [9.17, 15) is 5.11 Å². The van der Waals surface area contributed by atoms with Crippen molar-refractivity contribution < 1.29 is 14.6 Å². The molecule has 1 aliphatic rings. The lowest BCUT2D eigenvalue weighted by Crippen LogP contribution is -2.14. The summed E-state index contributed by atoms with van der Waals surface area (Å²) in [6.45, 7) is 3.42. The molecule has 110 valence electrons. The molecule has 0 atom stereocenters. The van der Waals surface area contributed by atoms with Crippen molar-refractivity contribution >= 4 is 11.6 Å². The van der Waals surface area contributed by atoms with Gasteiger partial charge >= 0.3 is 0 Å². The third kappa shape index (κ3) is 2.80. The van der Waals surface area contributed by atoms with E-state index in [4.69, 9.17) is 21.1 Å². The van der Waals surface area contributed by atoms with Crippen LogP contribution in [0, 0.1) is 0 Å². The van der Waals surface area contributed by atoms with Gasteiger partial charge in [0.2, 0.25) is 0 Å².